The second-order valence-electron chi connectivity index (χ2n) is 7.38. The molecule has 0 aliphatic rings. The number of carbonyl (C=O) groups excluding carboxylic acids is 1. The van der Waals surface area contributed by atoms with Crippen molar-refractivity contribution >= 4 is 11.6 Å². The Bertz CT molecular complexity index is 899. The van der Waals surface area contributed by atoms with E-state index < -0.39 is 0 Å². The number of anilines is 1. The van der Waals surface area contributed by atoms with Gasteiger partial charge in [0.2, 0.25) is 0 Å². The van der Waals surface area contributed by atoms with Gasteiger partial charge in [-0.25, -0.2) is 9.67 Å². The van der Waals surface area contributed by atoms with Crippen LogP contribution in [0.5, 0.6) is 5.75 Å². The first-order chi connectivity index (χ1) is 12.9. The average molecular weight is 364 g/mol. The number of ether oxygens (including phenoxy) is 1. The van der Waals surface area contributed by atoms with Crippen LogP contribution in [0.25, 0.3) is 0 Å². The van der Waals surface area contributed by atoms with Crippen LogP contribution in [-0.2, 0) is 16.8 Å². The van der Waals surface area contributed by atoms with E-state index in [1.54, 1.807) is 11.0 Å². The second kappa shape index (κ2) is 8.03. The van der Waals surface area contributed by atoms with Crippen LogP contribution < -0.4 is 10.1 Å². The summed E-state index contributed by atoms with van der Waals surface area (Å²) in [6.45, 7) is 6.92. The van der Waals surface area contributed by atoms with Gasteiger partial charge in [-0.3, -0.25) is 4.79 Å². The van der Waals surface area contributed by atoms with Crippen LogP contribution in [0.2, 0.25) is 0 Å². The van der Waals surface area contributed by atoms with Crippen LogP contribution in [0.3, 0.4) is 0 Å². The minimum absolute atomic E-state index is 0.0413. The summed E-state index contributed by atoms with van der Waals surface area (Å²) in [4.78, 5) is 16.2. The Hall–Kier alpha value is -3.15. The Balaban J connectivity index is 1.60. The van der Waals surface area contributed by atoms with E-state index in [1.807, 2.05) is 48.5 Å². The van der Waals surface area contributed by atoms with E-state index in [1.165, 1.54) is 6.33 Å². The zero-order valence-corrected chi connectivity index (χ0v) is 15.8. The maximum absolute atomic E-state index is 12.3. The maximum atomic E-state index is 12.3. The fourth-order valence-electron chi connectivity index (χ4n) is 2.80. The van der Waals surface area contributed by atoms with Gasteiger partial charge >= 0.3 is 0 Å². The van der Waals surface area contributed by atoms with Gasteiger partial charge in [0.25, 0.3) is 5.91 Å². The van der Waals surface area contributed by atoms with Gasteiger partial charge in [-0.1, -0.05) is 51.1 Å². The molecule has 2 aromatic carbocycles. The van der Waals surface area contributed by atoms with E-state index in [2.05, 4.69) is 36.2 Å². The standard InChI is InChI=1S/C21H24N4O2/c1-21(2,3)18-9-4-5-10-19(18)27-13-20(26)24-17-8-6-7-16(11-17)12-25-15-22-14-23-25/h4-11,14-15H,12-13H2,1-3H3,(H,24,26). The molecule has 1 N–H and O–H groups in total. The molecule has 0 bridgehead atoms. The first-order valence-electron chi connectivity index (χ1n) is 8.85. The molecule has 1 aromatic heterocycles. The Morgan fingerprint density at radius 1 is 1.15 bits per heavy atom. The Labute approximate surface area is 159 Å². The number of amides is 1. The molecule has 1 heterocycles. The van der Waals surface area contributed by atoms with E-state index in [0.717, 1.165) is 22.6 Å². The summed E-state index contributed by atoms with van der Waals surface area (Å²) in [6.07, 6.45) is 3.16. The maximum Gasteiger partial charge on any atom is 0.262 e. The topological polar surface area (TPSA) is 69.0 Å². The van der Waals surface area contributed by atoms with Crippen molar-refractivity contribution in [2.75, 3.05) is 11.9 Å². The number of nitrogens with one attached hydrogen (secondary N) is 1. The number of benzene rings is 2. The van der Waals surface area contributed by atoms with Gasteiger partial charge in [0.05, 0.1) is 6.54 Å². The Morgan fingerprint density at radius 3 is 2.70 bits per heavy atom. The molecule has 0 fully saturated rings. The Morgan fingerprint density at radius 2 is 1.96 bits per heavy atom. The van der Waals surface area contributed by atoms with Crippen molar-refractivity contribution in [3.05, 3.63) is 72.3 Å². The van der Waals surface area contributed by atoms with Gasteiger partial charge < -0.3 is 10.1 Å². The first-order valence-corrected chi connectivity index (χ1v) is 8.85. The third-order valence-corrected chi connectivity index (χ3v) is 4.08. The molecule has 3 rings (SSSR count). The van der Waals surface area contributed by atoms with Crippen LogP contribution >= 0.6 is 0 Å². The number of nitrogens with zero attached hydrogens (tertiary/aromatic N) is 3. The van der Waals surface area contributed by atoms with Gasteiger partial charge in [0.1, 0.15) is 18.4 Å². The molecule has 140 valence electrons. The predicted molar refractivity (Wildman–Crippen MR) is 105 cm³/mol. The lowest BCUT2D eigenvalue weighted by atomic mass is 9.86. The second-order valence-corrected chi connectivity index (χ2v) is 7.38. The number of hydrogen-bond donors (Lipinski definition) is 1. The van der Waals surface area contributed by atoms with E-state index in [0.29, 0.717) is 6.54 Å². The lowest BCUT2D eigenvalue weighted by Crippen LogP contribution is -2.22. The van der Waals surface area contributed by atoms with Gasteiger partial charge in [-0.2, -0.15) is 5.10 Å². The van der Waals surface area contributed by atoms with E-state index in [4.69, 9.17) is 4.74 Å². The van der Waals surface area contributed by atoms with E-state index in [-0.39, 0.29) is 17.9 Å². The summed E-state index contributed by atoms with van der Waals surface area (Å²) in [5, 5.41) is 6.97. The quantitative estimate of drug-likeness (QED) is 0.725. The summed E-state index contributed by atoms with van der Waals surface area (Å²) < 4.78 is 7.51. The van der Waals surface area contributed by atoms with Crippen LogP contribution in [-0.4, -0.2) is 27.3 Å². The molecule has 3 aromatic rings. The Kier molecular flexibility index (Phi) is 5.54. The van der Waals surface area contributed by atoms with Gasteiger partial charge in [0.15, 0.2) is 6.61 Å². The highest BCUT2D eigenvalue weighted by Gasteiger charge is 2.18. The molecular formula is C21H24N4O2. The number of hydrogen-bond acceptors (Lipinski definition) is 4. The van der Waals surface area contributed by atoms with Crippen molar-refractivity contribution in [3.63, 3.8) is 0 Å². The largest absolute Gasteiger partial charge is 0.483 e. The number of aromatic nitrogens is 3. The molecule has 6 heteroatoms. The van der Waals surface area contributed by atoms with Crippen molar-refractivity contribution < 1.29 is 9.53 Å². The summed E-state index contributed by atoms with van der Waals surface area (Å²) in [5.41, 5.74) is 2.78. The highest BCUT2D eigenvalue weighted by molar-refractivity contribution is 5.91. The SMILES string of the molecule is CC(C)(C)c1ccccc1OCC(=O)Nc1cccc(Cn2cncn2)c1. The third-order valence-electron chi connectivity index (χ3n) is 4.08. The van der Waals surface area contributed by atoms with Crippen molar-refractivity contribution in [2.45, 2.75) is 32.7 Å². The van der Waals surface area contributed by atoms with Crippen molar-refractivity contribution in [2.24, 2.45) is 0 Å². The van der Waals surface area contributed by atoms with Gasteiger partial charge in [-0.05, 0) is 34.7 Å². The van der Waals surface area contributed by atoms with Crippen LogP contribution in [0.1, 0.15) is 31.9 Å². The minimum atomic E-state index is -0.198. The molecular weight excluding hydrogens is 340 g/mol. The third kappa shape index (κ3) is 5.17. The molecule has 0 saturated carbocycles. The number of carbonyl (C=O) groups is 1. The molecule has 0 saturated heterocycles. The van der Waals surface area contributed by atoms with Crippen LogP contribution in [0, 0.1) is 0 Å². The highest BCUT2D eigenvalue weighted by Crippen LogP contribution is 2.30. The smallest absolute Gasteiger partial charge is 0.262 e. The number of para-hydroxylation sites is 1. The molecule has 0 radical (unpaired) electrons. The van der Waals surface area contributed by atoms with Crippen LogP contribution in [0.4, 0.5) is 5.69 Å². The molecule has 0 unspecified atom stereocenters. The zero-order valence-electron chi connectivity index (χ0n) is 15.8. The molecule has 27 heavy (non-hydrogen) atoms. The van der Waals surface area contributed by atoms with Gasteiger partial charge in [0, 0.05) is 5.69 Å². The van der Waals surface area contributed by atoms with E-state index in [9.17, 15) is 4.79 Å². The minimum Gasteiger partial charge on any atom is -0.483 e. The normalized spacial score (nSPS) is 11.2. The average Bonchev–Trinajstić information content (AvgIpc) is 3.13. The monoisotopic (exact) mass is 364 g/mol. The lowest BCUT2D eigenvalue weighted by Gasteiger charge is -2.22. The molecule has 6 nitrogen and oxygen atoms in total. The summed E-state index contributed by atoms with van der Waals surface area (Å²) in [7, 11) is 0. The molecule has 1 amide bonds. The van der Waals surface area contributed by atoms with Gasteiger partial charge in [-0.15, -0.1) is 0 Å². The van der Waals surface area contributed by atoms with Crippen molar-refractivity contribution in [3.8, 4) is 5.75 Å². The summed E-state index contributed by atoms with van der Waals surface area (Å²) >= 11 is 0. The van der Waals surface area contributed by atoms with Crippen molar-refractivity contribution in [1.29, 1.82) is 0 Å². The molecule has 0 aliphatic carbocycles. The molecule has 0 atom stereocenters. The molecule has 0 spiro atoms. The molecule has 0 aliphatic heterocycles. The summed E-state index contributed by atoms with van der Waals surface area (Å²) in [6, 6.07) is 15.5. The fraction of sp³-hybridized carbons (Fsp3) is 0.286. The zero-order chi connectivity index (χ0) is 19.3. The van der Waals surface area contributed by atoms with Crippen LogP contribution in [0.15, 0.2) is 61.2 Å². The first kappa shape index (κ1) is 18.6. The fourth-order valence-corrected chi connectivity index (χ4v) is 2.80. The summed E-state index contributed by atoms with van der Waals surface area (Å²) in [5.74, 6) is 0.539. The predicted octanol–water partition coefficient (Wildman–Crippen LogP) is 3.64. The lowest BCUT2D eigenvalue weighted by molar-refractivity contribution is -0.118. The van der Waals surface area contributed by atoms with Crippen molar-refractivity contribution in [1.82, 2.24) is 14.8 Å². The van der Waals surface area contributed by atoms with E-state index >= 15 is 0 Å². The number of rotatable bonds is 6. The highest BCUT2D eigenvalue weighted by atomic mass is 16.5.